The molecule has 116 valence electrons. The van der Waals surface area contributed by atoms with Crippen LogP contribution in [0.5, 0.6) is 5.75 Å². The first-order valence-corrected chi connectivity index (χ1v) is 7.37. The Morgan fingerprint density at radius 2 is 2.38 bits per heavy atom. The lowest BCUT2D eigenvalue weighted by molar-refractivity contribution is -0.384. The van der Waals surface area contributed by atoms with Gasteiger partial charge in [0, 0.05) is 30.8 Å². The summed E-state index contributed by atoms with van der Waals surface area (Å²) in [4.78, 5) is 10.4. The molecule has 0 aromatic heterocycles. The van der Waals surface area contributed by atoms with Crippen molar-refractivity contribution in [1.29, 1.82) is 0 Å². The van der Waals surface area contributed by atoms with Gasteiger partial charge >= 0.3 is 0 Å². The van der Waals surface area contributed by atoms with Gasteiger partial charge in [-0.2, -0.15) is 0 Å². The average Bonchev–Trinajstić information content (AvgIpc) is 2.98. The predicted molar refractivity (Wildman–Crippen MR) is 79.6 cm³/mol. The van der Waals surface area contributed by atoms with Crippen LogP contribution in [-0.2, 0) is 11.3 Å². The molecule has 0 spiro atoms. The number of nitrogens with zero attached hydrogens (tertiary/aromatic N) is 1. The first-order chi connectivity index (χ1) is 10.2. The SMILES string of the molecule is CNCc1cc([N+](=O)[O-])ccc1OCCCC1CCCO1. The van der Waals surface area contributed by atoms with Gasteiger partial charge < -0.3 is 14.8 Å². The zero-order valence-electron chi connectivity index (χ0n) is 12.3. The first-order valence-electron chi connectivity index (χ1n) is 7.37. The number of nitro groups is 1. The van der Waals surface area contributed by atoms with Crippen molar-refractivity contribution in [3.8, 4) is 5.75 Å². The molecule has 1 fully saturated rings. The van der Waals surface area contributed by atoms with Gasteiger partial charge in [0.05, 0.1) is 17.6 Å². The van der Waals surface area contributed by atoms with Crippen molar-refractivity contribution in [3.05, 3.63) is 33.9 Å². The second kappa shape index (κ2) is 7.95. The van der Waals surface area contributed by atoms with Crippen LogP contribution in [0.3, 0.4) is 0 Å². The van der Waals surface area contributed by atoms with E-state index in [1.165, 1.54) is 6.07 Å². The summed E-state index contributed by atoms with van der Waals surface area (Å²) in [5.41, 5.74) is 0.899. The van der Waals surface area contributed by atoms with Gasteiger partial charge in [0.25, 0.3) is 5.69 Å². The molecule has 0 saturated carbocycles. The fourth-order valence-electron chi connectivity index (χ4n) is 2.51. The molecule has 0 bridgehead atoms. The van der Waals surface area contributed by atoms with Gasteiger partial charge in [0.15, 0.2) is 0 Å². The van der Waals surface area contributed by atoms with Crippen LogP contribution in [0.25, 0.3) is 0 Å². The third-order valence-electron chi connectivity index (χ3n) is 3.57. The Bertz CT molecular complexity index is 473. The highest BCUT2D eigenvalue weighted by atomic mass is 16.6. The first kappa shape index (κ1) is 15.7. The summed E-state index contributed by atoms with van der Waals surface area (Å²) in [6, 6.07) is 4.72. The number of non-ortho nitro benzene ring substituents is 1. The van der Waals surface area contributed by atoms with Crippen LogP contribution in [0, 0.1) is 10.1 Å². The minimum Gasteiger partial charge on any atom is -0.493 e. The lowest BCUT2D eigenvalue weighted by Crippen LogP contribution is -2.10. The zero-order valence-corrected chi connectivity index (χ0v) is 12.3. The maximum atomic E-state index is 10.8. The van der Waals surface area contributed by atoms with Crippen molar-refractivity contribution in [2.45, 2.75) is 38.3 Å². The van der Waals surface area contributed by atoms with Gasteiger partial charge in [-0.1, -0.05) is 0 Å². The predicted octanol–water partition coefficient (Wildman–Crippen LogP) is 2.65. The van der Waals surface area contributed by atoms with E-state index in [1.807, 2.05) is 0 Å². The number of nitro benzene ring substituents is 1. The van der Waals surface area contributed by atoms with Crippen LogP contribution >= 0.6 is 0 Å². The molecule has 1 saturated heterocycles. The van der Waals surface area contributed by atoms with Crippen LogP contribution in [-0.4, -0.2) is 31.3 Å². The Balaban J connectivity index is 1.87. The van der Waals surface area contributed by atoms with Crippen molar-refractivity contribution in [2.75, 3.05) is 20.3 Å². The van der Waals surface area contributed by atoms with Crippen LogP contribution in [0.15, 0.2) is 18.2 Å². The van der Waals surface area contributed by atoms with E-state index in [-0.39, 0.29) is 10.6 Å². The zero-order chi connectivity index (χ0) is 15.1. The Hall–Kier alpha value is -1.66. The van der Waals surface area contributed by atoms with Gasteiger partial charge in [0.2, 0.25) is 0 Å². The summed E-state index contributed by atoms with van der Waals surface area (Å²) >= 11 is 0. The molecule has 1 heterocycles. The maximum Gasteiger partial charge on any atom is 0.270 e. The summed E-state index contributed by atoms with van der Waals surface area (Å²) in [5.74, 6) is 0.710. The van der Waals surface area contributed by atoms with E-state index in [0.29, 0.717) is 25.0 Å². The monoisotopic (exact) mass is 294 g/mol. The van der Waals surface area contributed by atoms with E-state index in [9.17, 15) is 10.1 Å². The van der Waals surface area contributed by atoms with Gasteiger partial charge in [0.1, 0.15) is 5.75 Å². The highest BCUT2D eigenvalue weighted by Crippen LogP contribution is 2.25. The highest BCUT2D eigenvalue weighted by molar-refractivity contribution is 5.43. The van der Waals surface area contributed by atoms with E-state index in [0.717, 1.165) is 37.9 Å². The van der Waals surface area contributed by atoms with Crippen molar-refractivity contribution in [3.63, 3.8) is 0 Å². The lowest BCUT2D eigenvalue weighted by Gasteiger charge is -2.13. The molecule has 1 aliphatic heterocycles. The van der Waals surface area contributed by atoms with Crippen LogP contribution in [0.2, 0.25) is 0 Å². The Morgan fingerprint density at radius 1 is 1.52 bits per heavy atom. The second-order valence-corrected chi connectivity index (χ2v) is 5.21. The molecule has 0 amide bonds. The Morgan fingerprint density at radius 3 is 3.05 bits per heavy atom. The van der Waals surface area contributed by atoms with Crippen LogP contribution in [0.4, 0.5) is 5.69 Å². The molecule has 1 unspecified atom stereocenters. The smallest absolute Gasteiger partial charge is 0.270 e. The Kier molecular flexibility index (Phi) is 5.95. The van der Waals surface area contributed by atoms with Crippen LogP contribution in [0.1, 0.15) is 31.2 Å². The molecule has 21 heavy (non-hydrogen) atoms. The van der Waals surface area contributed by atoms with Gasteiger partial charge in [-0.15, -0.1) is 0 Å². The number of nitrogens with one attached hydrogen (secondary N) is 1. The molecule has 1 N–H and O–H groups in total. The van der Waals surface area contributed by atoms with Crippen molar-refractivity contribution in [1.82, 2.24) is 5.32 Å². The number of benzene rings is 1. The minimum atomic E-state index is -0.389. The summed E-state index contributed by atoms with van der Waals surface area (Å²) < 4.78 is 11.3. The molecule has 0 aliphatic carbocycles. The van der Waals surface area contributed by atoms with E-state index < -0.39 is 0 Å². The van der Waals surface area contributed by atoms with Crippen molar-refractivity contribution in [2.24, 2.45) is 0 Å². The maximum absolute atomic E-state index is 10.8. The molecular formula is C15H22N2O4. The topological polar surface area (TPSA) is 73.6 Å². The second-order valence-electron chi connectivity index (χ2n) is 5.21. The van der Waals surface area contributed by atoms with E-state index in [2.05, 4.69) is 5.32 Å². The number of hydrogen-bond acceptors (Lipinski definition) is 5. The average molecular weight is 294 g/mol. The molecule has 6 heteroatoms. The molecule has 2 rings (SSSR count). The minimum absolute atomic E-state index is 0.0898. The molecule has 1 aromatic rings. The van der Waals surface area contributed by atoms with Crippen molar-refractivity contribution >= 4 is 5.69 Å². The number of ether oxygens (including phenoxy) is 2. The standard InChI is InChI=1S/C15H22N2O4/c1-16-11-12-10-13(17(18)19)6-7-15(12)21-9-3-5-14-4-2-8-20-14/h6-7,10,14,16H,2-5,8-9,11H2,1H3. The Labute approximate surface area is 124 Å². The van der Waals surface area contributed by atoms with Crippen LogP contribution < -0.4 is 10.1 Å². The summed E-state index contributed by atoms with van der Waals surface area (Å²) in [6.07, 6.45) is 4.61. The van der Waals surface area contributed by atoms with Gasteiger partial charge in [-0.05, 0) is 38.8 Å². The summed E-state index contributed by atoms with van der Waals surface area (Å²) in [7, 11) is 1.81. The van der Waals surface area contributed by atoms with Crippen molar-refractivity contribution < 1.29 is 14.4 Å². The fourth-order valence-corrected chi connectivity index (χ4v) is 2.51. The van der Waals surface area contributed by atoms with E-state index >= 15 is 0 Å². The molecule has 1 aromatic carbocycles. The third-order valence-corrected chi connectivity index (χ3v) is 3.57. The molecule has 0 radical (unpaired) electrons. The number of rotatable bonds is 8. The summed E-state index contributed by atoms with van der Waals surface area (Å²) in [5, 5.41) is 13.8. The third kappa shape index (κ3) is 4.68. The number of hydrogen-bond donors (Lipinski definition) is 1. The fraction of sp³-hybridized carbons (Fsp3) is 0.600. The van der Waals surface area contributed by atoms with Gasteiger partial charge in [-0.3, -0.25) is 10.1 Å². The molecule has 1 aliphatic rings. The molecule has 1 atom stereocenters. The van der Waals surface area contributed by atoms with E-state index in [1.54, 1.807) is 19.2 Å². The lowest BCUT2D eigenvalue weighted by atomic mass is 10.1. The van der Waals surface area contributed by atoms with E-state index in [4.69, 9.17) is 9.47 Å². The highest BCUT2D eigenvalue weighted by Gasteiger charge is 2.15. The quantitative estimate of drug-likeness (QED) is 0.453. The summed E-state index contributed by atoms with van der Waals surface area (Å²) in [6.45, 7) is 2.03. The normalized spacial score (nSPS) is 17.9. The largest absolute Gasteiger partial charge is 0.493 e. The molecule has 6 nitrogen and oxygen atoms in total. The molecular weight excluding hydrogens is 272 g/mol. The van der Waals surface area contributed by atoms with Gasteiger partial charge in [-0.25, -0.2) is 0 Å².